The van der Waals surface area contributed by atoms with Gasteiger partial charge in [-0.15, -0.1) is 0 Å². The van der Waals surface area contributed by atoms with E-state index in [0.29, 0.717) is 25.9 Å². The number of aryl methyl sites for hydroxylation is 1. The number of aromatic nitrogens is 2. The van der Waals surface area contributed by atoms with Crippen LogP contribution in [0.3, 0.4) is 0 Å². The van der Waals surface area contributed by atoms with Crippen LogP contribution in [-0.4, -0.2) is 40.2 Å². The smallest absolute Gasteiger partial charge is 0.220 e. The number of aliphatic hydroxyl groups is 1. The van der Waals surface area contributed by atoms with Gasteiger partial charge in [0, 0.05) is 54.9 Å². The number of piperidine rings is 1. The molecule has 6 nitrogen and oxygen atoms in total. The van der Waals surface area contributed by atoms with Gasteiger partial charge in [-0.2, -0.15) is 0 Å². The van der Waals surface area contributed by atoms with E-state index < -0.39 is 0 Å². The third-order valence-corrected chi connectivity index (χ3v) is 5.34. The Labute approximate surface area is 164 Å². The number of carbonyl (C=O) groups excluding carboxylic acids is 1. The van der Waals surface area contributed by atoms with E-state index in [2.05, 4.69) is 26.3 Å². The van der Waals surface area contributed by atoms with Crippen molar-refractivity contribution in [3.05, 3.63) is 59.9 Å². The Kier molecular flexibility index (Phi) is 5.58. The molecule has 4 rings (SSSR count). The number of hydrogen-bond donors (Lipinski definition) is 3. The van der Waals surface area contributed by atoms with Gasteiger partial charge in [0.2, 0.25) is 5.91 Å². The highest BCUT2D eigenvalue weighted by Gasteiger charge is 2.21. The summed E-state index contributed by atoms with van der Waals surface area (Å²) in [7, 11) is 0. The predicted molar refractivity (Wildman–Crippen MR) is 110 cm³/mol. The van der Waals surface area contributed by atoms with Gasteiger partial charge in [0.25, 0.3) is 0 Å². The molecule has 1 fully saturated rings. The van der Waals surface area contributed by atoms with Gasteiger partial charge in [-0.05, 0) is 37.0 Å². The molecule has 1 saturated heterocycles. The van der Waals surface area contributed by atoms with Crippen molar-refractivity contribution in [3.63, 3.8) is 0 Å². The molecule has 0 unspecified atom stereocenters. The predicted octanol–water partition coefficient (Wildman–Crippen LogP) is 2.77. The van der Waals surface area contributed by atoms with Crippen molar-refractivity contribution in [1.82, 2.24) is 15.3 Å². The maximum absolute atomic E-state index is 12.4. The fourth-order valence-electron chi connectivity index (χ4n) is 3.87. The van der Waals surface area contributed by atoms with Crippen LogP contribution in [0.2, 0.25) is 0 Å². The van der Waals surface area contributed by atoms with Crippen LogP contribution in [0, 0.1) is 0 Å². The second kappa shape index (κ2) is 8.44. The van der Waals surface area contributed by atoms with Crippen molar-refractivity contribution in [3.8, 4) is 0 Å². The molecular formula is C22H26N4O2. The summed E-state index contributed by atoms with van der Waals surface area (Å²) in [6.45, 7) is 1.93. The van der Waals surface area contributed by atoms with E-state index in [1.165, 1.54) is 5.39 Å². The van der Waals surface area contributed by atoms with Crippen molar-refractivity contribution in [2.24, 2.45) is 0 Å². The molecule has 3 aromatic rings. The lowest BCUT2D eigenvalue weighted by atomic mass is 10.1. The summed E-state index contributed by atoms with van der Waals surface area (Å²) in [5, 5.41) is 14.1. The summed E-state index contributed by atoms with van der Waals surface area (Å²) in [6, 6.07) is 12.0. The van der Waals surface area contributed by atoms with Gasteiger partial charge >= 0.3 is 0 Å². The highest BCUT2D eigenvalue weighted by molar-refractivity contribution is 5.84. The summed E-state index contributed by atoms with van der Waals surface area (Å²) in [4.78, 5) is 22.3. The van der Waals surface area contributed by atoms with Crippen molar-refractivity contribution in [2.45, 2.75) is 38.3 Å². The normalized spacial score (nSPS) is 17.0. The number of β-amino-alcohol motifs (C(OH)–C–C–N with tert-alkyl or cyclic N) is 1. The molecule has 6 heteroatoms. The monoisotopic (exact) mass is 378 g/mol. The maximum Gasteiger partial charge on any atom is 0.220 e. The van der Waals surface area contributed by atoms with E-state index in [1.54, 1.807) is 6.20 Å². The first-order valence-corrected chi connectivity index (χ1v) is 9.89. The number of pyridine rings is 1. The molecule has 1 aliphatic rings. The van der Waals surface area contributed by atoms with Crippen LogP contribution >= 0.6 is 0 Å². The van der Waals surface area contributed by atoms with Crippen LogP contribution in [0.25, 0.3) is 10.9 Å². The quantitative estimate of drug-likeness (QED) is 0.616. The third-order valence-electron chi connectivity index (χ3n) is 5.34. The lowest BCUT2D eigenvalue weighted by molar-refractivity contribution is -0.121. The molecule has 146 valence electrons. The highest BCUT2D eigenvalue weighted by Crippen LogP contribution is 2.22. The lowest BCUT2D eigenvalue weighted by Crippen LogP contribution is -2.39. The second-order valence-corrected chi connectivity index (χ2v) is 7.36. The number of para-hydroxylation sites is 1. The van der Waals surface area contributed by atoms with E-state index in [9.17, 15) is 9.90 Å². The number of fused-ring (bicyclic) bond motifs is 1. The number of hydrogen-bond acceptors (Lipinski definition) is 4. The fraction of sp³-hybridized carbons (Fsp3) is 0.364. The number of nitrogens with one attached hydrogen (secondary N) is 2. The van der Waals surface area contributed by atoms with E-state index in [-0.39, 0.29) is 12.0 Å². The fourth-order valence-corrected chi connectivity index (χ4v) is 3.87. The summed E-state index contributed by atoms with van der Waals surface area (Å²) in [6.07, 6.45) is 6.37. The minimum atomic E-state index is -0.311. The van der Waals surface area contributed by atoms with Gasteiger partial charge in [-0.3, -0.25) is 4.79 Å². The van der Waals surface area contributed by atoms with Crippen molar-refractivity contribution in [1.29, 1.82) is 0 Å². The molecule has 28 heavy (non-hydrogen) atoms. The Hall–Kier alpha value is -2.86. The molecule has 1 aromatic carbocycles. The molecule has 3 N–H and O–H groups in total. The second-order valence-electron chi connectivity index (χ2n) is 7.36. The zero-order valence-electron chi connectivity index (χ0n) is 15.9. The van der Waals surface area contributed by atoms with Gasteiger partial charge in [-0.25, -0.2) is 4.98 Å². The largest absolute Gasteiger partial charge is 0.391 e. The molecule has 3 heterocycles. The number of benzene rings is 1. The minimum Gasteiger partial charge on any atom is -0.391 e. The molecule has 2 aromatic heterocycles. The average Bonchev–Trinajstić information content (AvgIpc) is 3.14. The standard InChI is InChI=1S/C22H26N4O2/c27-18-6-4-12-26(15-18)22-17(5-3-11-23-22)14-25-21(28)10-9-16-13-24-20-8-2-1-7-19(16)20/h1-3,5,7-8,11,13,18,24,27H,4,6,9-10,12,14-15H2,(H,25,28)/t18-/m0/s1. The summed E-state index contributed by atoms with van der Waals surface area (Å²) in [5.74, 6) is 0.886. The third kappa shape index (κ3) is 4.17. The molecule has 0 bridgehead atoms. The Balaban J connectivity index is 1.35. The number of aromatic amines is 1. The van der Waals surface area contributed by atoms with Crippen LogP contribution in [0.5, 0.6) is 0 Å². The van der Waals surface area contributed by atoms with Crippen LogP contribution in [0.15, 0.2) is 48.8 Å². The number of rotatable bonds is 6. The zero-order chi connectivity index (χ0) is 19.3. The Morgan fingerprint density at radius 1 is 1.25 bits per heavy atom. The molecular weight excluding hydrogens is 352 g/mol. The van der Waals surface area contributed by atoms with Gasteiger partial charge in [0.15, 0.2) is 0 Å². The molecule has 1 atom stereocenters. The van der Waals surface area contributed by atoms with E-state index in [1.807, 2.05) is 36.5 Å². The van der Waals surface area contributed by atoms with Crippen molar-refractivity contribution in [2.75, 3.05) is 18.0 Å². The number of anilines is 1. The highest BCUT2D eigenvalue weighted by atomic mass is 16.3. The van der Waals surface area contributed by atoms with E-state index >= 15 is 0 Å². The first-order valence-electron chi connectivity index (χ1n) is 9.89. The first kappa shape index (κ1) is 18.5. The van der Waals surface area contributed by atoms with Crippen LogP contribution < -0.4 is 10.2 Å². The molecule has 0 spiro atoms. The number of H-pyrrole nitrogens is 1. The van der Waals surface area contributed by atoms with Gasteiger partial charge in [0.05, 0.1) is 6.10 Å². The SMILES string of the molecule is O=C(CCc1c[nH]c2ccccc12)NCc1cccnc1N1CCC[C@H](O)C1. The van der Waals surface area contributed by atoms with E-state index in [0.717, 1.165) is 41.8 Å². The number of carbonyl (C=O) groups is 1. The molecule has 1 amide bonds. The van der Waals surface area contributed by atoms with Crippen LogP contribution in [-0.2, 0) is 17.8 Å². The maximum atomic E-state index is 12.4. The number of amides is 1. The molecule has 0 aliphatic carbocycles. The summed E-state index contributed by atoms with van der Waals surface area (Å²) < 4.78 is 0. The minimum absolute atomic E-state index is 0.0266. The number of aliphatic hydroxyl groups excluding tert-OH is 1. The lowest BCUT2D eigenvalue weighted by Gasteiger charge is -2.32. The molecule has 1 aliphatic heterocycles. The Bertz CT molecular complexity index is 952. The van der Waals surface area contributed by atoms with Crippen molar-refractivity contribution < 1.29 is 9.90 Å². The molecule has 0 saturated carbocycles. The number of nitrogens with zero attached hydrogens (tertiary/aromatic N) is 2. The van der Waals surface area contributed by atoms with Gasteiger partial charge in [-0.1, -0.05) is 24.3 Å². The zero-order valence-corrected chi connectivity index (χ0v) is 15.9. The van der Waals surface area contributed by atoms with E-state index in [4.69, 9.17) is 0 Å². The van der Waals surface area contributed by atoms with Crippen LogP contribution in [0.1, 0.15) is 30.4 Å². The summed E-state index contributed by atoms with van der Waals surface area (Å²) in [5.41, 5.74) is 3.24. The summed E-state index contributed by atoms with van der Waals surface area (Å²) >= 11 is 0. The van der Waals surface area contributed by atoms with Gasteiger partial charge < -0.3 is 20.3 Å². The van der Waals surface area contributed by atoms with Gasteiger partial charge in [0.1, 0.15) is 5.82 Å². The first-order chi connectivity index (χ1) is 13.7. The van der Waals surface area contributed by atoms with Crippen LogP contribution in [0.4, 0.5) is 5.82 Å². The van der Waals surface area contributed by atoms with Crippen molar-refractivity contribution >= 4 is 22.6 Å². The average molecular weight is 378 g/mol. The Morgan fingerprint density at radius 3 is 3.04 bits per heavy atom. The Morgan fingerprint density at radius 2 is 2.14 bits per heavy atom. The molecule has 0 radical (unpaired) electrons. The topological polar surface area (TPSA) is 81.2 Å².